The molecule has 1 N–H and O–H groups in total. The van der Waals surface area contributed by atoms with Gasteiger partial charge in [0.25, 0.3) is 5.56 Å². The number of carbonyl (C=O) groups is 1. The van der Waals surface area contributed by atoms with Gasteiger partial charge in [-0.3, -0.25) is 14.2 Å². The van der Waals surface area contributed by atoms with Crippen molar-refractivity contribution >= 4 is 55.1 Å². The summed E-state index contributed by atoms with van der Waals surface area (Å²) in [5.74, 6) is 0.677. The number of pyridine rings is 1. The molecule has 9 heteroatoms. The molecule has 0 aliphatic rings. The third-order valence-electron chi connectivity index (χ3n) is 5.28. The van der Waals surface area contributed by atoms with Crippen LogP contribution in [0.5, 0.6) is 5.75 Å². The molecule has 0 saturated carbocycles. The van der Waals surface area contributed by atoms with Crippen LogP contribution in [0.25, 0.3) is 20.4 Å². The molecule has 5 rings (SSSR count). The number of nitrogens with one attached hydrogen (secondary N) is 1. The van der Waals surface area contributed by atoms with Gasteiger partial charge in [0.05, 0.1) is 24.4 Å². The lowest BCUT2D eigenvalue weighted by Crippen LogP contribution is -2.24. The fourth-order valence-electron chi connectivity index (χ4n) is 3.69. The van der Waals surface area contributed by atoms with E-state index in [2.05, 4.69) is 10.3 Å². The number of hydrogen-bond acceptors (Lipinski definition) is 7. The average molecular weight is 503 g/mol. The largest absolute Gasteiger partial charge is 0.494 e. The van der Waals surface area contributed by atoms with Gasteiger partial charge in [-0.25, -0.2) is 9.97 Å². The first-order chi connectivity index (χ1) is 17.1. The molecule has 0 atom stereocenters. The fraction of sp³-hybridized carbons (Fsp3) is 0.154. The van der Waals surface area contributed by atoms with Crippen molar-refractivity contribution in [3.8, 4) is 5.75 Å². The summed E-state index contributed by atoms with van der Waals surface area (Å²) in [6, 6.07) is 20.7. The standard InChI is InChI=1S/C26H22N4O3S2/c1-2-33-19-12-10-18(11-13-19)28-21(31)16-34-26-29-22-20-9-6-14-27-24(20)35-23(22)25(32)30(26)15-17-7-4-3-5-8-17/h3-14H,2,15-16H2,1H3,(H,28,31). The van der Waals surface area contributed by atoms with E-state index in [-0.39, 0.29) is 17.2 Å². The van der Waals surface area contributed by atoms with Crippen LogP contribution in [0, 0.1) is 0 Å². The Morgan fingerprint density at radius 3 is 2.66 bits per heavy atom. The quantitative estimate of drug-likeness (QED) is 0.232. The molecule has 7 nitrogen and oxygen atoms in total. The highest BCUT2D eigenvalue weighted by Gasteiger charge is 2.18. The van der Waals surface area contributed by atoms with E-state index in [9.17, 15) is 9.59 Å². The molecule has 0 fully saturated rings. The molecule has 0 aliphatic carbocycles. The second-order valence-corrected chi connectivity index (χ2v) is 9.64. The lowest BCUT2D eigenvalue weighted by molar-refractivity contribution is -0.113. The first kappa shape index (κ1) is 23.1. The van der Waals surface area contributed by atoms with E-state index >= 15 is 0 Å². The Bertz CT molecular complexity index is 1550. The van der Waals surface area contributed by atoms with Crippen molar-refractivity contribution in [1.82, 2.24) is 14.5 Å². The zero-order valence-corrected chi connectivity index (χ0v) is 20.6. The van der Waals surface area contributed by atoms with E-state index in [0.29, 0.717) is 34.2 Å². The number of fused-ring (bicyclic) bond motifs is 3. The molecule has 0 saturated heterocycles. The molecule has 176 valence electrons. The van der Waals surface area contributed by atoms with Gasteiger partial charge in [0.15, 0.2) is 5.16 Å². The van der Waals surface area contributed by atoms with E-state index in [1.54, 1.807) is 22.9 Å². The minimum Gasteiger partial charge on any atom is -0.494 e. The first-order valence-corrected chi connectivity index (χ1v) is 12.9. The molecule has 3 aromatic heterocycles. The zero-order valence-electron chi connectivity index (χ0n) is 18.9. The van der Waals surface area contributed by atoms with E-state index < -0.39 is 0 Å². The van der Waals surface area contributed by atoms with Gasteiger partial charge in [0.1, 0.15) is 15.3 Å². The molecular formula is C26H22N4O3S2. The van der Waals surface area contributed by atoms with Crippen molar-refractivity contribution in [2.75, 3.05) is 17.7 Å². The fourth-order valence-corrected chi connectivity index (χ4v) is 5.51. The number of thiophene rings is 1. The lowest BCUT2D eigenvalue weighted by atomic mass is 10.2. The molecule has 0 spiro atoms. The Hall–Kier alpha value is -3.69. The molecule has 0 unspecified atom stereocenters. The Kier molecular flexibility index (Phi) is 6.78. The number of rotatable bonds is 8. The summed E-state index contributed by atoms with van der Waals surface area (Å²) in [5.41, 5.74) is 2.16. The Balaban J connectivity index is 1.44. The van der Waals surface area contributed by atoms with Gasteiger partial charge in [-0.05, 0) is 48.9 Å². The number of carbonyl (C=O) groups excluding carboxylic acids is 1. The highest BCUT2D eigenvalue weighted by Crippen LogP contribution is 2.30. The molecule has 3 heterocycles. The number of ether oxygens (including phenoxy) is 1. The normalized spacial score (nSPS) is 11.1. The van der Waals surface area contributed by atoms with E-state index in [1.165, 1.54) is 23.1 Å². The van der Waals surface area contributed by atoms with Gasteiger partial charge in [-0.2, -0.15) is 0 Å². The molecule has 0 radical (unpaired) electrons. The van der Waals surface area contributed by atoms with E-state index in [1.807, 2.05) is 61.5 Å². The lowest BCUT2D eigenvalue weighted by Gasteiger charge is -2.12. The predicted octanol–water partition coefficient (Wildman–Crippen LogP) is 5.18. The second-order valence-electron chi connectivity index (χ2n) is 7.70. The zero-order chi connectivity index (χ0) is 24.2. The maximum atomic E-state index is 13.5. The van der Waals surface area contributed by atoms with Gasteiger partial charge in [-0.1, -0.05) is 42.1 Å². The van der Waals surface area contributed by atoms with Gasteiger partial charge in [0.2, 0.25) is 5.91 Å². The first-order valence-electron chi connectivity index (χ1n) is 11.1. The molecule has 2 aromatic carbocycles. The van der Waals surface area contributed by atoms with Crippen LogP contribution >= 0.6 is 23.1 Å². The third-order valence-corrected chi connectivity index (χ3v) is 7.35. The number of anilines is 1. The minimum absolute atomic E-state index is 0.111. The van der Waals surface area contributed by atoms with E-state index in [0.717, 1.165) is 21.5 Å². The van der Waals surface area contributed by atoms with Gasteiger partial charge in [0, 0.05) is 17.3 Å². The number of aromatic nitrogens is 3. The summed E-state index contributed by atoms with van der Waals surface area (Å²) in [6.45, 7) is 2.87. The highest BCUT2D eigenvalue weighted by atomic mass is 32.2. The summed E-state index contributed by atoms with van der Waals surface area (Å²) < 4.78 is 7.65. The maximum absolute atomic E-state index is 13.5. The molecular weight excluding hydrogens is 480 g/mol. The number of hydrogen-bond donors (Lipinski definition) is 1. The van der Waals surface area contributed by atoms with Crippen molar-refractivity contribution in [1.29, 1.82) is 0 Å². The molecule has 35 heavy (non-hydrogen) atoms. The summed E-state index contributed by atoms with van der Waals surface area (Å²) >= 11 is 2.59. The summed E-state index contributed by atoms with van der Waals surface area (Å²) in [4.78, 5) is 36.2. The Morgan fingerprint density at radius 2 is 1.89 bits per heavy atom. The monoisotopic (exact) mass is 502 g/mol. The SMILES string of the molecule is CCOc1ccc(NC(=O)CSc2nc3c(sc4ncccc43)c(=O)n2Cc2ccccc2)cc1. The van der Waals surface area contributed by atoms with Crippen LogP contribution in [0.4, 0.5) is 5.69 Å². The highest BCUT2D eigenvalue weighted by molar-refractivity contribution is 7.99. The summed E-state index contributed by atoms with van der Waals surface area (Å²) in [5, 5.41) is 4.23. The second kappa shape index (κ2) is 10.3. The van der Waals surface area contributed by atoms with Crippen LogP contribution < -0.4 is 15.6 Å². The smallest absolute Gasteiger partial charge is 0.272 e. The predicted molar refractivity (Wildman–Crippen MR) is 142 cm³/mol. The number of benzene rings is 2. The molecule has 5 aromatic rings. The van der Waals surface area contributed by atoms with Crippen molar-refractivity contribution < 1.29 is 9.53 Å². The molecule has 0 bridgehead atoms. The van der Waals surface area contributed by atoms with Crippen LogP contribution in [0.1, 0.15) is 12.5 Å². The minimum atomic E-state index is -0.184. The Morgan fingerprint density at radius 1 is 1.09 bits per heavy atom. The molecule has 0 aliphatic heterocycles. The van der Waals surface area contributed by atoms with Gasteiger partial charge in [-0.15, -0.1) is 11.3 Å². The number of nitrogens with zero attached hydrogens (tertiary/aromatic N) is 3. The van der Waals surface area contributed by atoms with Crippen LogP contribution in [-0.2, 0) is 11.3 Å². The number of amides is 1. The summed E-state index contributed by atoms with van der Waals surface area (Å²) in [6.07, 6.45) is 1.71. The van der Waals surface area contributed by atoms with Crippen LogP contribution in [-0.4, -0.2) is 32.8 Å². The van der Waals surface area contributed by atoms with Crippen molar-refractivity contribution in [2.24, 2.45) is 0 Å². The van der Waals surface area contributed by atoms with Crippen LogP contribution in [0.15, 0.2) is 82.9 Å². The van der Waals surface area contributed by atoms with Crippen molar-refractivity contribution in [3.63, 3.8) is 0 Å². The van der Waals surface area contributed by atoms with Gasteiger partial charge < -0.3 is 10.1 Å². The summed E-state index contributed by atoms with van der Waals surface area (Å²) in [7, 11) is 0. The van der Waals surface area contributed by atoms with Crippen LogP contribution in [0.3, 0.4) is 0 Å². The topological polar surface area (TPSA) is 86.1 Å². The van der Waals surface area contributed by atoms with Crippen molar-refractivity contribution in [2.45, 2.75) is 18.6 Å². The van der Waals surface area contributed by atoms with E-state index in [4.69, 9.17) is 9.72 Å². The van der Waals surface area contributed by atoms with Crippen LogP contribution in [0.2, 0.25) is 0 Å². The average Bonchev–Trinajstić information content (AvgIpc) is 3.25. The third kappa shape index (κ3) is 5.06. The van der Waals surface area contributed by atoms with Gasteiger partial charge >= 0.3 is 0 Å². The van der Waals surface area contributed by atoms with Crippen molar-refractivity contribution in [3.05, 3.63) is 88.8 Å². The Labute approximate surface area is 209 Å². The molecule has 1 amide bonds. The maximum Gasteiger partial charge on any atom is 0.272 e. The number of thioether (sulfide) groups is 1.